The molecule has 3 rings (SSSR count). The van der Waals surface area contributed by atoms with E-state index in [1.807, 2.05) is 38.1 Å². The molecule has 2 aliphatic heterocycles. The summed E-state index contributed by atoms with van der Waals surface area (Å²) in [6, 6.07) is 7.98. The van der Waals surface area contributed by atoms with Crippen molar-refractivity contribution in [2.24, 2.45) is 17.8 Å². The van der Waals surface area contributed by atoms with E-state index >= 15 is 0 Å². The summed E-state index contributed by atoms with van der Waals surface area (Å²) in [6.45, 7) is 44.1. The molecule has 0 saturated carbocycles. The summed E-state index contributed by atoms with van der Waals surface area (Å²) in [7, 11) is -2.22. The van der Waals surface area contributed by atoms with Gasteiger partial charge in [0.05, 0.1) is 58.3 Å². The molecule has 2 heterocycles. The quantitative estimate of drug-likeness (QED) is 0.0713. The molecule has 0 radical (unpaired) electrons. The van der Waals surface area contributed by atoms with E-state index in [9.17, 15) is 4.79 Å². The van der Waals surface area contributed by atoms with Crippen LogP contribution in [-0.4, -0.2) is 113 Å². The number of amides is 1. The number of epoxide rings is 1. The maximum Gasteiger partial charge on any atom is 0.248 e. The summed E-state index contributed by atoms with van der Waals surface area (Å²) in [5.41, 5.74) is 0.400. The topological polar surface area (TPSA) is 107 Å². The highest BCUT2D eigenvalue weighted by Gasteiger charge is 2.66. The molecule has 2 fully saturated rings. The van der Waals surface area contributed by atoms with E-state index in [1.54, 1.807) is 14.2 Å². The van der Waals surface area contributed by atoms with Gasteiger partial charge in [-0.2, -0.15) is 0 Å². The molecule has 0 N–H and O–H groups in total. The van der Waals surface area contributed by atoms with Gasteiger partial charge in [-0.15, -0.1) is 0 Å². The molecule has 1 aromatic rings. The third-order valence-corrected chi connectivity index (χ3v) is 27.9. The van der Waals surface area contributed by atoms with Crippen LogP contribution in [0.1, 0.15) is 102 Å². The fraction of sp³-hybridized carbons (Fsp3) is 0.848. The summed E-state index contributed by atoms with van der Waals surface area (Å²) in [6.07, 6.45) is -1.48. The molecule has 0 bridgehead atoms. The number of nitrogens with zero attached hydrogens (tertiary/aromatic N) is 1. The fourth-order valence-electron chi connectivity index (χ4n) is 7.15. The average Bonchev–Trinajstić information content (AvgIpc) is 3.81. The molecule has 2 saturated heterocycles. The first-order valence-electron chi connectivity index (χ1n) is 22.1. The van der Waals surface area contributed by atoms with Crippen LogP contribution in [0.3, 0.4) is 0 Å². The first-order valence-corrected chi connectivity index (χ1v) is 30.9. The van der Waals surface area contributed by atoms with Crippen LogP contribution in [-0.2, 0) is 48.5 Å². The molecule has 1 aromatic carbocycles. The normalized spacial score (nSPS) is 25.7. The van der Waals surface area contributed by atoms with Crippen molar-refractivity contribution in [3.05, 3.63) is 29.8 Å². The van der Waals surface area contributed by atoms with Gasteiger partial charge in [0.15, 0.2) is 30.7 Å². The minimum atomic E-state index is -2.47. The van der Waals surface area contributed by atoms with Crippen LogP contribution < -0.4 is 4.74 Å². The zero-order valence-corrected chi connectivity index (χ0v) is 44.9. The van der Waals surface area contributed by atoms with Crippen molar-refractivity contribution in [2.75, 3.05) is 41.1 Å². The summed E-state index contributed by atoms with van der Waals surface area (Å²) in [4.78, 5) is 19.1. The second-order valence-corrected chi connectivity index (χ2v) is 37.1. The Morgan fingerprint density at radius 1 is 0.783 bits per heavy atom. The van der Waals surface area contributed by atoms with Gasteiger partial charge < -0.3 is 37.0 Å². The molecule has 348 valence electrons. The van der Waals surface area contributed by atoms with Gasteiger partial charge in [0.1, 0.15) is 11.4 Å². The monoisotopic (exact) mass is 898 g/mol. The predicted molar refractivity (Wildman–Crippen MR) is 249 cm³/mol. The van der Waals surface area contributed by atoms with Crippen LogP contribution >= 0.6 is 0 Å². The van der Waals surface area contributed by atoms with Gasteiger partial charge in [-0.3, -0.25) is 9.63 Å². The largest absolute Gasteiger partial charge is 0.497 e. The zero-order valence-electron chi connectivity index (χ0n) is 41.9. The van der Waals surface area contributed by atoms with Crippen LogP contribution in [0.2, 0.25) is 54.4 Å². The van der Waals surface area contributed by atoms with Crippen LogP contribution in [0.15, 0.2) is 24.3 Å². The van der Waals surface area contributed by atoms with Gasteiger partial charge >= 0.3 is 0 Å². The third-order valence-electron chi connectivity index (χ3n) is 14.5. The second kappa shape index (κ2) is 19.5. The van der Waals surface area contributed by atoms with Crippen molar-refractivity contribution < 1.29 is 46.6 Å². The number of hydrogen-bond donors (Lipinski definition) is 0. The number of carbonyl (C=O) groups excluding carboxylic acids is 1. The molecular formula is C46H87NO10Si3. The number of benzene rings is 1. The van der Waals surface area contributed by atoms with Crippen molar-refractivity contribution in [1.29, 1.82) is 0 Å². The molecule has 11 nitrogen and oxygen atoms in total. The lowest BCUT2D eigenvalue weighted by molar-refractivity contribution is -0.338. The van der Waals surface area contributed by atoms with E-state index in [0.29, 0.717) is 26.4 Å². The molecule has 1 unspecified atom stereocenters. The molecule has 60 heavy (non-hydrogen) atoms. The van der Waals surface area contributed by atoms with Gasteiger partial charge in [-0.05, 0) is 92.9 Å². The Morgan fingerprint density at radius 3 is 1.82 bits per heavy atom. The van der Waals surface area contributed by atoms with Crippen molar-refractivity contribution >= 4 is 30.9 Å². The molecular weight excluding hydrogens is 811 g/mol. The SMILES string of the molecule is COc1ccc(COC[C@H](C)[C@H]2OC2(C)[C@@H](O[Si](C)(C)C(C)(C)C)[C@@H](CO[Si](C)(C)C(C)(C)C)[C@@H]2OC(C)(C)O[C@H](CC(=O)N(C)OC)[C@H]2CO[Si](C)(C)C(C)(C)C)cc1. The summed E-state index contributed by atoms with van der Waals surface area (Å²) in [5, 5.41) is 1.11. The minimum Gasteiger partial charge on any atom is -0.497 e. The lowest BCUT2D eigenvalue weighted by Crippen LogP contribution is -2.62. The first kappa shape index (κ1) is 53.2. The molecule has 0 spiro atoms. The highest BCUT2D eigenvalue weighted by molar-refractivity contribution is 6.75. The maximum absolute atomic E-state index is 13.7. The van der Waals surface area contributed by atoms with E-state index < -0.39 is 54.7 Å². The highest BCUT2D eigenvalue weighted by atomic mass is 28.4. The zero-order chi connectivity index (χ0) is 46.1. The lowest BCUT2D eigenvalue weighted by Gasteiger charge is -2.52. The Balaban J connectivity index is 2.20. The summed E-state index contributed by atoms with van der Waals surface area (Å²) in [5.74, 6) is -0.977. The van der Waals surface area contributed by atoms with Crippen molar-refractivity contribution in [1.82, 2.24) is 5.06 Å². The van der Waals surface area contributed by atoms with Crippen LogP contribution in [0.4, 0.5) is 0 Å². The predicted octanol–water partition coefficient (Wildman–Crippen LogP) is 10.6. The molecule has 1 amide bonds. The van der Waals surface area contributed by atoms with Gasteiger partial charge in [0.2, 0.25) is 5.91 Å². The Labute approximate surface area is 368 Å². The number of carbonyl (C=O) groups is 1. The van der Waals surface area contributed by atoms with Gasteiger partial charge in [0.25, 0.3) is 0 Å². The standard InChI is InChI=1S/C46H87NO10Si3/c1-32(28-51-29-33-23-25-34(49-15)26-24-33)40-46(13,56-40)41(57-60(21,22)44(8,9)10)36(31-53-59(19,20)43(5,6)7)39-35(30-52-58(17,18)42(2,3)4)37(54-45(11,12)55-39)27-38(48)47(14)50-16/h23-26,32,35-37,39-41H,27-31H2,1-22H3/t32-,35+,36-,37+,39+,40+,41-,46?/m0/s1. The molecule has 0 aromatic heterocycles. The molecule has 14 heteroatoms. The average molecular weight is 898 g/mol. The van der Waals surface area contributed by atoms with Gasteiger partial charge in [-0.1, -0.05) is 81.4 Å². The second-order valence-electron chi connectivity index (χ2n) is 22.7. The van der Waals surface area contributed by atoms with Crippen LogP contribution in [0, 0.1) is 17.8 Å². The highest BCUT2D eigenvalue weighted by Crippen LogP contribution is 2.53. The smallest absolute Gasteiger partial charge is 0.248 e. The van der Waals surface area contributed by atoms with Crippen molar-refractivity contribution in [3.63, 3.8) is 0 Å². The van der Waals surface area contributed by atoms with E-state index in [4.69, 9.17) is 41.8 Å². The van der Waals surface area contributed by atoms with E-state index in [1.165, 1.54) is 12.2 Å². The van der Waals surface area contributed by atoms with Gasteiger partial charge in [0, 0.05) is 38.0 Å². The number of methoxy groups -OCH3 is 1. The summed E-state index contributed by atoms with van der Waals surface area (Å²) >= 11 is 0. The Bertz CT molecular complexity index is 1530. The summed E-state index contributed by atoms with van der Waals surface area (Å²) < 4.78 is 54.7. The first-order chi connectivity index (χ1) is 27.1. The Kier molecular flexibility index (Phi) is 17.3. The van der Waals surface area contributed by atoms with Crippen molar-refractivity contribution in [3.8, 4) is 5.75 Å². The molecule has 2 aliphatic rings. The number of rotatable bonds is 20. The Hall–Kier alpha value is -1.18. The minimum absolute atomic E-state index is 0.0350. The molecule has 8 atom stereocenters. The van der Waals surface area contributed by atoms with E-state index in [0.717, 1.165) is 11.3 Å². The van der Waals surface area contributed by atoms with Gasteiger partial charge in [-0.25, -0.2) is 5.06 Å². The Morgan fingerprint density at radius 2 is 1.32 bits per heavy atom. The fourth-order valence-corrected chi connectivity index (χ4v) is 10.6. The number of ether oxygens (including phenoxy) is 5. The number of hydrogen-bond acceptors (Lipinski definition) is 10. The number of hydroxylamine groups is 2. The van der Waals surface area contributed by atoms with Crippen LogP contribution in [0.5, 0.6) is 5.75 Å². The third kappa shape index (κ3) is 13.2. The van der Waals surface area contributed by atoms with E-state index in [2.05, 4.69) is 115 Å². The van der Waals surface area contributed by atoms with E-state index in [-0.39, 0.29) is 51.3 Å². The maximum atomic E-state index is 13.7. The molecule has 0 aliphatic carbocycles. The van der Waals surface area contributed by atoms with Crippen molar-refractivity contribution in [2.45, 2.75) is 193 Å². The lowest BCUT2D eigenvalue weighted by atomic mass is 9.77. The van der Waals surface area contributed by atoms with Crippen LogP contribution in [0.25, 0.3) is 0 Å².